The van der Waals surface area contributed by atoms with Gasteiger partial charge < -0.3 is 9.80 Å². The molecule has 1 saturated heterocycles. The lowest BCUT2D eigenvalue weighted by atomic mass is 10.1. The molecule has 1 aliphatic heterocycles. The molecule has 1 aromatic heterocycles. The molecule has 0 N–H and O–H groups in total. The first kappa shape index (κ1) is 16.5. The Labute approximate surface area is 144 Å². The lowest BCUT2D eigenvalue weighted by Crippen LogP contribution is -2.35. The summed E-state index contributed by atoms with van der Waals surface area (Å²) in [5.74, 6) is 0.111. The van der Waals surface area contributed by atoms with E-state index in [1.54, 1.807) is 6.20 Å². The highest BCUT2D eigenvalue weighted by Gasteiger charge is 2.19. The maximum absolute atomic E-state index is 12.7. The molecule has 0 radical (unpaired) electrons. The lowest BCUT2D eigenvalue weighted by Gasteiger charge is -2.27. The van der Waals surface area contributed by atoms with Gasteiger partial charge in [0.05, 0.1) is 17.4 Å². The summed E-state index contributed by atoms with van der Waals surface area (Å²) in [5, 5.41) is 0. The van der Waals surface area contributed by atoms with E-state index in [-0.39, 0.29) is 5.91 Å². The van der Waals surface area contributed by atoms with Crippen molar-refractivity contribution in [1.29, 1.82) is 0 Å². The smallest absolute Gasteiger partial charge is 0.255 e. The van der Waals surface area contributed by atoms with Crippen LogP contribution in [0.4, 0.5) is 5.69 Å². The number of rotatable bonds is 5. The molecule has 3 rings (SSSR count). The van der Waals surface area contributed by atoms with E-state index < -0.39 is 0 Å². The Morgan fingerprint density at radius 3 is 2.58 bits per heavy atom. The molecule has 0 spiro atoms. The van der Waals surface area contributed by atoms with E-state index >= 15 is 0 Å². The molecule has 2 heterocycles. The Bertz CT molecular complexity index is 666. The third kappa shape index (κ3) is 3.94. The summed E-state index contributed by atoms with van der Waals surface area (Å²) in [6, 6.07) is 12.4. The van der Waals surface area contributed by atoms with Crippen LogP contribution in [-0.2, 0) is 6.54 Å². The molecule has 1 aromatic carbocycles. The molecule has 1 fully saturated rings. The van der Waals surface area contributed by atoms with Crippen LogP contribution in [0.15, 0.2) is 48.8 Å². The summed E-state index contributed by atoms with van der Waals surface area (Å²) < 4.78 is 0. The van der Waals surface area contributed by atoms with Crippen molar-refractivity contribution in [2.45, 2.75) is 32.7 Å². The van der Waals surface area contributed by atoms with Gasteiger partial charge in [-0.3, -0.25) is 9.78 Å². The molecule has 126 valence electrons. The average molecular weight is 323 g/mol. The SMILES string of the molecule is CCN(Cc1ccccc1)c1cncc(C(=O)N2CCCCC2)c1. The van der Waals surface area contributed by atoms with Gasteiger partial charge in [0.1, 0.15) is 0 Å². The van der Waals surface area contributed by atoms with Crippen LogP contribution < -0.4 is 4.90 Å². The van der Waals surface area contributed by atoms with Crippen molar-refractivity contribution in [2.24, 2.45) is 0 Å². The topological polar surface area (TPSA) is 36.4 Å². The average Bonchev–Trinajstić information content (AvgIpc) is 2.67. The van der Waals surface area contributed by atoms with Gasteiger partial charge in [-0.05, 0) is 37.8 Å². The minimum atomic E-state index is 0.111. The van der Waals surface area contributed by atoms with Crippen LogP contribution in [0.25, 0.3) is 0 Å². The highest BCUT2D eigenvalue weighted by atomic mass is 16.2. The van der Waals surface area contributed by atoms with Crippen LogP contribution in [0.1, 0.15) is 42.1 Å². The van der Waals surface area contributed by atoms with E-state index in [2.05, 4.69) is 41.1 Å². The zero-order chi connectivity index (χ0) is 16.8. The number of aromatic nitrogens is 1. The van der Waals surface area contributed by atoms with E-state index in [4.69, 9.17) is 0 Å². The van der Waals surface area contributed by atoms with E-state index in [1.807, 2.05) is 23.2 Å². The zero-order valence-electron chi connectivity index (χ0n) is 14.3. The molecule has 0 aliphatic carbocycles. The summed E-state index contributed by atoms with van der Waals surface area (Å²) in [7, 11) is 0. The second-order valence-corrected chi connectivity index (χ2v) is 6.28. The first-order valence-electron chi connectivity index (χ1n) is 8.81. The van der Waals surface area contributed by atoms with Crippen molar-refractivity contribution in [2.75, 3.05) is 24.5 Å². The Kier molecular flexibility index (Phi) is 5.47. The molecule has 0 saturated carbocycles. The van der Waals surface area contributed by atoms with Gasteiger partial charge in [-0.1, -0.05) is 30.3 Å². The van der Waals surface area contributed by atoms with E-state index in [0.717, 1.165) is 44.7 Å². The number of benzene rings is 1. The van der Waals surface area contributed by atoms with Gasteiger partial charge in [0.15, 0.2) is 0 Å². The van der Waals surface area contributed by atoms with Gasteiger partial charge in [0.25, 0.3) is 5.91 Å². The van der Waals surface area contributed by atoms with Crippen molar-refractivity contribution >= 4 is 11.6 Å². The number of carbonyl (C=O) groups is 1. The normalized spacial score (nSPS) is 14.5. The zero-order valence-corrected chi connectivity index (χ0v) is 14.3. The van der Waals surface area contributed by atoms with Gasteiger partial charge in [0.2, 0.25) is 0 Å². The molecule has 24 heavy (non-hydrogen) atoms. The maximum atomic E-state index is 12.7. The predicted molar refractivity (Wildman–Crippen MR) is 97.2 cm³/mol. The molecular weight excluding hydrogens is 298 g/mol. The number of carbonyl (C=O) groups excluding carboxylic acids is 1. The maximum Gasteiger partial charge on any atom is 0.255 e. The van der Waals surface area contributed by atoms with E-state index in [0.29, 0.717) is 5.56 Å². The largest absolute Gasteiger partial charge is 0.366 e. The number of amides is 1. The molecule has 4 heteroatoms. The molecule has 0 atom stereocenters. The number of likely N-dealkylation sites (tertiary alicyclic amines) is 1. The van der Waals surface area contributed by atoms with E-state index in [9.17, 15) is 4.79 Å². The van der Waals surface area contributed by atoms with Crippen molar-refractivity contribution in [3.05, 3.63) is 59.9 Å². The third-order valence-corrected chi connectivity index (χ3v) is 4.58. The number of nitrogens with zero attached hydrogens (tertiary/aromatic N) is 3. The monoisotopic (exact) mass is 323 g/mol. The van der Waals surface area contributed by atoms with Crippen molar-refractivity contribution < 1.29 is 4.79 Å². The fourth-order valence-electron chi connectivity index (χ4n) is 3.19. The number of piperidine rings is 1. The minimum Gasteiger partial charge on any atom is -0.366 e. The van der Waals surface area contributed by atoms with Gasteiger partial charge in [-0.15, -0.1) is 0 Å². The van der Waals surface area contributed by atoms with Crippen LogP contribution in [-0.4, -0.2) is 35.4 Å². The first-order chi connectivity index (χ1) is 11.8. The third-order valence-electron chi connectivity index (χ3n) is 4.58. The van der Waals surface area contributed by atoms with Crippen LogP contribution in [0.5, 0.6) is 0 Å². The van der Waals surface area contributed by atoms with Crippen molar-refractivity contribution in [3.8, 4) is 0 Å². The Morgan fingerprint density at radius 1 is 1.12 bits per heavy atom. The summed E-state index contributed by atoms with van der Waals surface area (Å²) in [5.41, 5.74) is 2.96. The number of pyridine rings is 1. The minimum absolute atomic E-state index is 0.111. The molecule has 1 aliphatic rings. The fraction of sp³-hybridized carbons (Fsp3) is 0.400. The predicted octanol–water partition coefficient (Wildman–Crippen LogP) is 3.73. The molecule has 2 aromatic rings. The quantitative estimate of drug-likeness (QED) is 0.841. The van der Waals surface area contributed by atoms with Gasteiger partial charge >= 0.3 is 0 Å². The Hall–Kier alpha value is -2.36. The molecule has 1 amide bonds. The number of anilines is 1. The Balaban J connectivity index is 1.76. The molecule has 4 nitrogen and oxygen atoms in total. The second-order valence-electron chi connectivity index (χ2n) is 6.28. The first-order valence-corrected chi connectivity index (χ1v) is 8.81. The van der Waals surface area contributed by atoms with Gasteiger partial charge in [-0.25, -0.2) is 0 Å². The van der Waals surface area contributed by atoms with Crippen molar-refractivity contribution in [1.82, 2.24) is 9.88 Å². The second kappa shape index (κ2) is 7.95. The van der Waals surface area contributed by atoms with Crippen LogP contribution in [0.3, 0.4) is 0 Å². The van der Waals surface area contributed by atoms with Crippen LogP contribution in [0, 0.1) is 0 Å². The highest BCUT2D eigenvalue weighted by molar-refractivity contribution is 5.94. The number of hydrogen-bond acceptors (Lipinski definition) is 3. The summed E-state index contributed by atoms with van der Waals surface area (Å²) >= 11 is 0. The Morgan fingerprint density at radius 2 is 1.88 bits per heavy atom. The summed E-state index contributed by atoms with van der Waals surface area (Å²) in [4.78, 5) is 21.2. The molecular formula is C20H25N3O. The highest BCUT2D eigenvalue weighted by Crippen LogP contribution is 2.20. The van der Waals surface area contributed by atoms with Gasteiger partial charge in [-0.2, -0.15) is 0 Å². The summed E-state index contributed by atoms with van der Waals surface area (Å²) in [6.45, 7) is 5.55. The fourth-order valence-corrected chi connectivity index (χ4v) is 3.19. The molecule has 0 unspecified atom stereocenters. The standard InChI is InChI=1S/C20H25N3O/c1-2-22(16-17-9-5-3-6-10-17)19-13-18(14-21-15-19)20(24)23-11-7-4-8-12-23/h3,5-6,9-10,13-15H,2,4,7-8,11-12,16H2,1H3. The lowest BCUT2D eigenvalue weighted by molar-refractivity contribution is 0.0724. The van der Waals surface area contributed by atoms with Crippen LogP contribution in [0.2, 0.25) is 0 Å². The van der Waals surface area contributed by atoms with Gasteiger partial charge in [0, 0.05) is 32.4 Å². The molecule has 0 bridgehead atoms. The van der Waals surface area contributed by atoms with Crippen LogP contribution >= 0.6 is 0 Å². The van der Waals surface area contributed by atoms with E-state index in [1.165, 1.54) is 12.0 Å². The number of hydrogen-bond donors (Lipinski definition) is 0. The summed E-state index contributed by atoms with van der Waals surface area (Å²) in [6.07, 6.45) is 6.97. The van der Waals surface area contributed by atoms with Crippen molar-refractivity contribution in [3.63, 3.8) is 0 Å².